The van der Waals surface area contributed by atoms with E-state index in [2.05, 4.69) is 155 Å². The van der Waals surface area contributed by atoms with Gasteiger partial charge in [0, 0.05) is 32.8 Å². The van der Waals surface area contributed by atoms with Crippen LogP contribution in [0.15, 0.2) is 158 Å². The SMILES string of the molecule is c1ccc(-c2cccc(-c3ccc4c5ccccc5n(-c5ccc6c7ccccc7n(-c7ccccc7)c6n5)c4n3)c2)cc1. The number of pyridine rings is 2. The maximum Gasteiger partial charge on any atom is 0.148 e. The molecule has 0 unspecified atom stereocenters. The minimum atomic E-state index is 0.839. The first-order valence-electron chi connectivity index (χ1n) is 14.9. The molecule has 5 aromatic carbocycles. The molecule has 0 aliphatic heterocycles. The van der Waals surface area contributed by atoms with Crippen molar-refractivity contribution in [1.29, 1.82) is 0 Å². The maximum absolute atomic E-state index is 5.37. The van der Waals surface area contributed by atoms with Gasteiger partial charge in [0.05, 0.1) is 16.7 Å². The van der Waals surface area contributed by atoms with Crippen LogP contribution >= 0.6 is 0 Å². The van der Waals surface area contributed by atoms with Gasteiger partial charge in [-0.1, -0.05) is 103 Å². The van der Waals surface area contributed by atoms with Gasteiger partial charge < -0.3 is 0 Å². The van der Waals surface area contributed by atoms with E-state index in [1.54, 1.807) is 0 Å². The van der Waals surface area contributed by atoms with E-state index in [9.17, 15) is 0 Å². The number of benzene rings is 5. The zero-order chi connectivity index (χ0) is 29.0. The van der Waals surface area contributed by atoms with Gasteiger partial charge in [0.1, 0.15) is 17.1 Å². The molecular weight excluding hydrogens is 536 g/mol. The number of aromatic nitrogens is 4. The van der Waals surface area contributed by atoms with E-state index in [0.29, 0.717) is 0 Å². The van der Waals surface area contributed by atoms with Gasteiger partial charge in [-0.25, -0.2) is 9.97 Å². The lowest BCUT2D eigenvalue weighted by molar-refractivity contribution is 1.05. The Hall–Kier alpha value is -6.00. The summed E-state index contributed by atoms with van der Waals surface area (Å²) in [5, 5.41) is 4.57. The Morgan fingerprint density at radius 3 is 1.68 bits per heavy atom. The van der Waals surface area contributed by atoms with E-state index in [1.165, 1.54) is 16.5 Å². The van der Waals surface area contributed by atoms with Crippen LogP contribution in [0.3, 0.4) is 0 Å². The summed E-state index contributed by atoms with van der Waals surface area (Å²) < 4.78 is 4.47. The van der Waals surface area contributed by atoms with E-state index in [4.69, 9.17) is 9.97 Å². The summed E-state index contributed by atoms with van der Waals surface area (Å²) in [4.78, 5) is 10.7. The Bertz CT molecular complexity index is 2490. The Labute approximate surface area is 254 Å². The van der Waals surface area contributed by atoms with Crippen LogP contribution in [0, 0.1) is 0 Å². The predicted octanol–water partition coefficient (Wildman–Crippen LogP) is 10.0. The fraction of sp³-hybridized carbons (Fsp3) is 0. The summed E-state index contributed by atoms with van der Waals surface area (Å²) in [5.74, 6) is 0.839. The van der Waals surface area contributed by atoms with Crippen LogP contribution in [0.4, 0.5) is 0 Å². The molecule has 0 spiro atoms. The quantitative estimate of drug-likeness (QED) is 0.214. The van der Waals surface area contributed by atoms with E-state index in [1.807, 2.05) is 12.1 Å². The zero-order valence-electron chi connectivity index (χ0n) is 23.8. The Balaban J connectivity index is 1.29. The summed E-state index contributed by atoms with van der Waals surface area (Å²) in [6.45, 7) is 0. The molecule has 9 aromatic rings. The molecule has 0 fully saturated rings. The molecule has 4 aromatic heterocycles. The van der Waals surface area contributed by atoms with Gasteiger partial charge in [-0.3, -0.25) is 9.13 Å². The summed E-state index contributed by atoms with van der Waals surface area (Å²) in [6, 6.07) is 55.3. The highest BCUT2D eigenvalue weighted by atomic mass is 15.1. The number of para-hydroxylation sites is 3. The highest BCUT2D eigenvalue weighted by molar-refractivity contribution is 6.10. The highest BCUT2D eigenvalue weighted by Crippen LogP contribution is 2.36. The fourth-order valence-corrected chi connectivity index (χ4v) is 6.51. The van der Waals surface area contributed by atoms with Crippen LogP contribution in [0.1, 0.15) is 0 Å². The minimum absolute atomic E-state index is 0.839. The molecule has 0 atom stereocenters. The fourth-order valence-electron chi connectivity index (χ4n) is 6.51. The van der Waals surface area contributed by atoms with Crippen molar-refractivity contribution in [2.24, 2.45) is 0 Å². The second-order valence-corrected chi connectivity index (χ2v) is 11.1. The summed E-state index contributed by atoms with van der Waals surface area (Å²) in [5.41, 5.74) is 9.50. The lowest BCUT2D eigenvalue weighted by Gasteiger charge is -2.10. The molecule has 206 valence electrons. The summed E-state index contributed by atoms with van der Waals surface area (Å²) >= 11 is 0. The van der Waals surface area contributed by atoms with Crippen molar-refractivity contribution in [2.45, 2.75) is 0 Å². The minimum Gasteiger partial charge on any atom is -0.294 e. The lowest BCUT2D eigenvalue weighted by atomic mass is 10.0. The predicted molar refractivity (Wildman–Crippen MR) is 182 cm³/mol. The van der Waals surface area contributed by atoms with E-state index < -0.39 is 0 Å². The molecule has 0 N–H and O–H groups in total. The van der Waals surface area contributed by atoms with E-state index in [0.717, 1.165) is 61.2 Å². The van der Waals surface area contributed by atoms with Crippen molar-refractivity contribution in [3.63, 3.8) is 0 Å². The van der Waals surface area contributed by atoms with Gasteiger partial charge in [-0.2, -0.15) is 0 Å². The second-order valence-electron chi connectivity index (χ2n) is 11.1. The molecule has 0 saturated heterocycles. The number of hydrogen-bond acceptors (Lipinski definition) is 2. The average Bonchev–Trinajstić information content (AvgIpc) is 3.61. The van der Waals surface area contributed by atoms with Crippen molar-refractivity contribution < 1.29 is 0 Å². The normalized spacial score (nSPS) is 11.6. The third-order valence-corrected chi connectivity index (χ3v) is 8.54. The molecule has 44 heavy (non-hydrogen) atoms. The van der Waals surface area contributed by atoms with Crippen LogP contribution in [-0.4, -0.2) is 19.1 Å². The van der Waals surface area contributed by atoms with Crippen LogP contribution in [0.25, 0.3) is 77.8 Å². The average molecular weight is 563 g/mol. The molecule has 0 amide bonds. The van der Waals surface area contributed by atoms with Crippen LogP contribution < -0.4 is 0 Å². The molecule has 0 bridgehead atoms. The second kappa shape index (κ2) is 9.79. The van der Waals surface area contributed by atoms with Gasteiger partial charge in [0.15, 0.2) is 0 Å². The third kappa shape index (κ3) is 3.78. The van der Waals surface area contributed by atoms with Gasteiger partial charge >= 0.3 is 0 Å². The molecule has 4 nitrogen and oxygen atoms in total. The van der Waals surface area contributed by atoms with Crippen molar-refractivity contribution in [2.75, 3.05) is 0 Å². The number of rotatable bonds is 4. The standard InChI is InChI=1S/C40H26N4/c1-3-12-27(13-4-1)28-14-11-15-29(26-28)35-24-22-33-32-19-8-10-21-37(32)44(39(33)41-35)38-25-23-34-31-18-7-9-20-36(31)43(40(34)42-38)30-16-5-2-6-17-30/h1-26H. The molecule has 0 radical (unpaired) electrons. The van der Waals surface area contributed by atoms with Crippen LogP contribution in [0.2, 0.25) is 0 Å². The van der Waals surface area contributed by atoms with Gasteiger partial charge in [-0.15, -0.1) is 0 Å². The van der Waals surface area contributed by atoms with Gasteiger partial charge in [0.2, 0.25) is 0 Å². The Kier molecular flexibility index (Phi) is 5.47. The smallest absolute Gasteiger partial charge is 0.148 e. The molecule has 9 rings (SSSR count). The van der Waals surface area contributed by atoms with E-state index >= 15 is 0 Å². The molecule has 0 aliphatic carbocycles. The van der Waals surface area contributed by atoms with Crippen LogP contribution in [0.5, 0.6) is 0 Å². The molecule has 0 aliphatic rings. The monoisotopic (exact) mass is 562 g/mol. The van der Waals surface area contributed by atoms with Crippen LogP contribution in [-0.2, 0) is 0 Å². The third-order valence-electron chi connectivity index (χ3n) is 8.54. The first kappa shape index (κ1) is 24.6. The molecule has 4 heteroatoms. The maximum atomic E-state index is 5.37. The first-order valence-corrected chi connectivity index (χ1v) is 14.9. The van der Waals surface area contributed by atoms with Gasteiger partial charge in [0.25, 0.3) is 0 Å². The number of fused-ring (bicyclic) bond motifs is 6. The largest absolute Gasteiger partial charge is 0.294 e. The topological polar surface area (TPSA) is 35.6 Å². The van der Waals surface area contributed by atoms with Gasteiger partial charge in [-0.05, 0) is 65.7 Å². The number of nitrogens with zero attached hydrogens (tertiary/aromatic N) is 4. The summed E-state index contributed by atoms with van der Waals surface area (Å²) in [6.07, 6.45) is 0. The van der Waals surface area contributed by atoms with Crippen molar-refractivity contribution in [3.05, 3.63) is 158 Å². The Morgan fingerprint density at radius 2 is 0.932 bits per heavy atom. The molecular formula is C40H26N4. The summed E-state index contributed by atoms with van der Waals surface area (Å²) in [7, 11) is 0. The van der Waals surface area contributed by atoms with E-state index in [-0.39, 0.29) is 0 Å². The highest BCUT2D eigenvalue weighted by Gasteiger charge is 2.18. The Morgan fingerprint density at radius 1 is 0.364 bits per heavy atom. The van der Waals surface area contributed by atoms with Crippen molar-refractivity contribution in [3.8, 4) is 33.9 Å². The zero-order valence-corrected chi connectivity index (χ0v) is 23.8. The van der Waals surface area contributed by atoms with Crippen molar-refractivity contribution >= 4 is 43.9 Å². The first-order chi connectivity index (χ1) is 21.8. The van der Waals surface area contributed by atoms with Crippen molar-refractivity contribution in [1.82, 2.24) is 19.1 Å². The lowest BCUT2D eigenvalue weighted by Crippen LogP contribution is -2.01. The molecule has 4 heterocycles. The molecule has 0 saturated carbocycles. The number of hydrogen-bond donors (Lipinski definition) is 0.